The molecule has 1 nitrogen and oxygen atoms in total. The Balaban J connectivity index is 3.15. The molecule has 0 atom stereocenters. The summed E-state index contributed by atoms with van der Waals surface area (Å²) in [5.74, 6) is 0. The highest BCUT2D eigenvalue weighted by Gasteiger charge is 1.81. The number of hydrogen-bond acceptors (Lipinski definition) is 1. The zero-order valence-electron chi connectivity index (χ0n) is 9.41. The third-order valence-corrected chi connectivity index (χ3v) is 2.14. The maximum absolute atomic E-state index is 8.55. The minimum Gasteiger partial charge on any atom is -0.396 e. The van der Waals surface area contributed by atoms with Crippen LogP contribution in [0.15, 0.2) is 24.3 Å². The molecule has 0 aromatic heterocycles. The van der Waals surface area contributed by atoms with Crippen LogP contribution in [0, 0.1) is 0 Å². The van der Waals surface area contributed by atoms with Gasteiger partial charge in [0, 0.05) is 6.61 Å². The topological polar surface area (TPSA) is 20.2 Å². The lowest BCUT2D eigenvalue weighted by molar-refractivity contribution is 0.285. The molecule has 0 unspecified atom stereocenters. The summed E-state index contributed by atoms with van der Waals surface area (Å²) in [4.78, 5) is 0. The zero-order valence-corrected chi connectivity index (χ0v) is 9.41. The maximum atomic E-state index is 8.55. The van der Waals surface area contributed by atoms with Crippen LogP contribution in [0.3, 0.4) is 0 Å². The fraction of sp³-hybridized carbons (Fsp3) is 0.692. The van der Waals surface area contributed by atoms with Crippen LogP contribution in [0.4, 0.5) is 0 Å². The summed E-state index contributed by atoms with van der Waals surface area (Å²) in [6.45, 7) is 2.55. The van der Waals surface area contributed by atoms with E-state index in [0.29, 0.717) is 6.61 Å². The van der Waals surface area contributed by atoms with Crippen LogP contribution >= 0.6 is 0 Å². The number of unbranched alkanes of at least 4 members (excludes halogenated alkanes) is 5. The molecule has 0 fully saturated rings. The molecular formula is C13H24O. The van der Waals surface area contributed by atoms with Crippen LogP contribution in [0.25, 0.3) is 0 Å². The summed E-state index contributed by atoms with van der Waals surface area (Å²) in [5, 5.41) is 8.55. The van der Waals surface area contributed by atoms with Gasteiger partial charge in [-0.2, -0.15) is 0 Å². The highest BCUT2D eigenvalue weighted by Crippen LogP contribution is 2.00. The number of allylic oxidation sites excluding steroid dienone is 4. The fourth-order valence-corrected chi connectivity index (χ4v) is 1.24. The molecule has 14 heavy (non-hydrogen) atoms. The molecule has 0 aliphatic heterocycles. The molecular weight excluding hydrogens is 172 g/mol. The highest BCUT2D eigenvalue weighted by molar-refractivity contribution is 5.02. The predicted octanol–water partition coefficient (Wildman–Crippen LogP) is 3.84. The summed E-state index contributed by atoms with van der Waals surface area (Å²) < 4.78 is 0. The van der Waals surface area contributed by atoms with Gasteiger partial charge in [-0.1, -0.05) is 44.1 Å². The van der Waals surface area contributed by atoms with Gasteiger partial charge in [0.2, 0.25) is 0 Å². The van der Waals surface area contributed by atoms with Crippen molar-refractivity contribution in [3.63, 3.8) is 0 Å². The molecule has 0 bridgehead atoms. The first kappa shape index (κ1) is 13.4. The second-order valence-electron chi connectivity index (χ2n) is 3.57. The van der Waals surface area contributed by atoms with Crippen LogP contribution < -0.4 is 0 Å². The summed E-state index contributed by atoms with van der Waals surface area (Å²) >= 11 is 0. The van der Waals surface area contributed by atoms with E-state index >= 15 is 0 Å². The molecule has 1 heteroatoms. The average molecular weight is 196 g/mol. The van der Waals surface area contributed by atoms with Crippen LogP contribution in [0.2, 0.25) is 0 Å². The molecule has 0 aliphatic rings. The SMILES string of the molecule is CCCCC/C=C\C=C\CCCCO. The van der Waals surface area contributed by atoms with E-state index < -0.39 is 0 Å². The Kier molecular flexibility index (Phi) is 11.9. The second-order valence-corrected chi connectivity index (χ2v) is 3.57. The fourth-order valence-electron chi connectivity index (χ4n) is 1.24. The standard InChI is InChI=1S/C13H24O/c1-2-3-4-5-6-7-8-9-10-11-12-13-14/h6-9,14H,2-5,10-13H2,1H3/b7-6-,9-8+. The number of hydrogen-bond donors (Lipinski definition) is 1. The van der Waals surface area contributed by atoms with Gasteiger partial charge in [0.25, 0.3) is 0 Å². The number of aliphatic hydroxyl groups is 1. The maximum Gasteiger partial charge on any atom is 0.0431 e. The van der Waals surface area contributed by atoms with E-state index in [1.807, 2.05) is 0 Å². The molecule has 0 radical (unpaired) electrons. The predicted molar refractivity (Wildman–Crippen MR) is 63.4 cm³/mol. The van der Waals surface area contributed by atoms with Gasteiger partial charge in [-0.3, -0.25) is 0 Å². The van der Waals surface area contributed by atoms with Gasteiger partial charge in [-0.05, 0) is 32.1 Å². The Hall–Kier alpha value is -0.560. The molecule has 0 saturated heterocycles. The molecule has 0 aromatic rings. The Morgan fingerprint density at radius 2 is 1.43 bits per heavy atom. The molecule has 0 amide bonds. The van der Waals surface area contributed by atoms with Gasteiger partial charge in [0.1, 0.15) is 0 Å². The van der Waals surface area contributed by atoms with Crippen molar-refractivity contribution in [2.45, 2.75) is 51.9 Å². The summed E-state index contributed by atoms with van der Waals surface area (Å²) in [5.41, 5.74) is 0. The number of aliphatic hydroxyl groups excluding tert-OH is 1. The molecule has 0 heterocycles. The zero-order chi connectivity index (χ0) is 10.5. The van der Waals surface area contributed by atoms with Crippen molar-refractivity contribution in [1.82, 2.24) is 0 Å². The number of rotatable bonds is 9. The first-order chi connectivity index (χ1) is 6.91. The Labute approximate surface area is 88.5 Å². The lowest BCUT2D eigenvalue weighted by Crippen LogP contribution is -1.79. The molecule has 1 N–H and O–H groups in total. The highest BCUT2D eigenvalue weighted by atomic mass is 16.2. The Morgan fingerprint density at radius 3 is 1.93 bits per heavy atom. The lowest BCUT2D eigenvalue weighted by Gasteiger charge is -1.91. The van der Waals surface area contributed by atoms with E-state index in [4.69, 9.17) is 5.11 Å². The third kappa shape index (κ3) is 11.4. The van der Waals surface area contributed by atoms with Crippen molar-refractivity contribution in [3.8, 4) is 0 Å². The van der Waals surface area contributed by atoms with Crippen LogP contribution in [0.5, 0.6) is 0 Å². The van der Waals surface area contributed by atoms with Crippen LogP contribution in [0.1, 0.15) is 51.9 Å². The largest absolute Gasteiger partial charge is 0.396 e. The molecule has 0 rings (SSSR count). The summed E-state index contributed by atoms with van der Waals surface area (Å²) in [6, 6.07) is 0. The first-order valence-electron chi connectivity index (χ1n) is 5.84. The van der Waals surface area contributed by atoms with Crippen molar-refractivity contribution in [3.05, 3.63) is 24.3 Å². The van der Waals surface area contributed by atoms with Gasteiger partial charge < -0.3 is 5.11 Å². The third-order valence-electron chi connectivity index (χ3n) is 2.14. The second kappa shape index (κ2) is 12.4. The Bertz CT molecular complexity index is 129. The van der Waals surface area contributed by atoms with Gasteiger partial charge in [0.05, 0.1) is 0 Å². The minimum absolute atomic E-state index is 0.320. The quantitative estimate of drug-likeness (QED) is 0.439. The van der Waals surface area contributed by atoms with E-state index in [0.717, 1.165) is 19.3 Å². The van der Waals surface area contributed by atoms with Gasteiger partial charge in [-0.15, -0.1) is 0 Å². The normalized spacial score (nSPS) is 11.9. The molecule has 0 saturated carbocycles. The van der Waals surface area contributed by atoms with Crippen molar-refractivity contribution in [2.75, 3.05) is 6.61 Å². The van der Waals surface area contributed by atoms with E-state index in [2.05, 4.69) is 31.2 Å². The van der Waals surface area contributed by atoms with Crippen LogP contribution in [-0.4, -0.2) is 11.7 Å². The molecule has 0 aliphatic carbocycles. The van der Waals surface area contributed by atoms with Crippen molar-refractivity contribution < 1.29 is 5.11 Å². The monoisotopic (exact) mass is 196 g/mol. The van der Waals surface area contributed by atoms with Crippen molar-refractivity contribution in [2.24, 2.45) is 0 Å². The smallest absolute Gasteiger partial charge is 0.0431 e. The van der Waals surface area contributed by atoms with Crippen molar-refractivity contribution in [1.29, 1.82) is 0 Å². The van der Waals surface area contributed by atoms with E-state index in [1.54, 1.807) is 0 Å². The van der Waals surface area contributed by atoms with Crippen molar-refractivity contribution >= 4 is 0 Å². The molecule has 0 aromatic carbocycles. The van der Waals surface area contributed by atoms with E-state index in [1.165, 1.54) is 25.7 Å². The first-order valence-corrected chi connectivity index (χ1v) is 5.84. The minimum atomic E-state index is 0.320. The van der Waals surface area contributed by atoms with Gasteiger partial charge in [-0.25, -0.2) is 0 Å². The van der Waals surface area contributed by atoms with Gasteiger partial charge in [0.15, 0.2) is 0 Å². The van der Waals surface area contributed by atoms with E-state index in [-0.39, 0.29) is 0 Å². The van der Waals surface area contributed by atoms with E-state index in [9.17, 15) is 0 Å². The van der Waals surface area contributed by atoms with Crippen LogP contribution in [-0.2, 0) is 0 Å². The average Bonchev–Trinajstić information content (AvgIpc) is 2.21. The summed E-state index contributed by atoms with van der Waals surface area (Å²) in [7, 11) is 0. The molecule has 0 spiro atoms. The summed E-state index contributed by atoms with van der Waals surface area (Å²) in [6.07, 6.45) is 16.9. The lowest BCUT2D eigenvalue weighted by atomic mass is 10.2. The van der Waals surface area contributed by atoms with Gasteiger partial charge >= 0.3 is 0 Å². The Morgan fingerprint density at radius 1 is 0.857 bits per heavy atom. The molecule has 82 valence electrons.